The second kappa shape index (κ2) is 82.5. The zero-order valence-corrected chi connectivity index (χ0v) is 63.3. The van der Waals surface area contributed by atoms with Crippen LogP contribution in [-0.2, 0) is 14.3 Å². The van der Waals surface area contributed by atoms with E-state index in [9.17, 15) is 19.8 Å². The lowest BCUT2D eigenvalue weighted by atomic mass is 10.0. The van der Waals surface area contributed by atoms with Gasteiger partial charge in [0, 0.05) is 12.8 Å². The molecular weight excluding hydrogens is 1140 g/mol. The average molecular weight is 1310 g/mol. The minimum Gasteiger partial charge on any atom is -0.466 e. The van der Waals surface area contributed by atoms with Crippen LogP contribution in [0.4, 0.5) is 0 Å². The summed E-state index contributed by atoms with van der Waals surface area (Å²) >= 11 is 0. The summed E-state index contributed by atoms with van der Waals surface area (Å²) in [6.45, 7) is 4.95. The number of nitrogens with one attached hydrogen (secondary N) is 1. The molecule has 0 aromatic carbocycles. The van der Waals surface area contributed by atoms with Crippen molar-refractivity contribution in [2.45, 2.75) is 495 Å². The van der Waals surface area contributed by atoms with Crippen molar-refractivity contribution in [2.24, 2.45) is 0 Å². The predicted octanol–water partition coefficient (Wildman–Crippen LogP) is 28.6. The van der Waals surface area contributed by atoms with E-state index in [2.05, 4.69) is 43.5 Å². The molecule has 0 aromatic heterocycles. The number of aliphatic hydroxyl groups is 2. The Morgan fingerprint density at radius 1 is 0.290 bits per heavy atom. The lowest BCUT2D eigenvalue weighted by molar-refractivity contribution is -0.143. The minimum atomic E-state index is -0.842. The summed E-state index contributed by atoms with van der Waals surface area (Å²) in [4.78, 5) is 24.7. The van der Waals surface area contributed by atoms with E-state index in [1.807, 2.05) is 6.08 Å². The molecule has 93 heavy (non-hydrogen) atoms. The van der Waals surface area contributed by atoms with E-state index in [4.69, 9.17) is 4.74 Å². The Morgan fingerprint density at radius 2 is 0.505 bits per heavy atom. The summed E-state index contributed by atoms with van der Waals surface area (Å²) in [5.41, 5.74) is 0. The molecule has 6 heteroatoms. The molecule has 0 heterocycles. The molecule has 0 saturated heterocycles. The van der Waals surface area contributed by atoms with Crippen molar-refractivity contribution in [3.63, 3.8) is 0 Å². The van der Waals surface area contributed by atoms with Crippen molar-refractivity contribution in [3.8, 4) is 0 Å². The van der Waals surface area contributed by atoms with Crippen molar-refractivity contribution in [3.05, 3.63) is 36.5 Å². The molecular formula is C87H167NO5. The third-order valence-corrected chi connectivity index (χ3v) is 20.1. The molecule has 0 saturated carbocycles. The van der Waals surface area contributed by atoms with Crippen molar-refractivity contribution >= 4 is 11.9 Å². The van der Waals surface area contributed by atoms with Crippen molar-refractivity contribution in [2.75, 3.05) is 13.2 Å². The van der Waals surface area contributed by atoms with E-state index < -0.39 is 12.1 Å². The largest absolute Gasteiger partial charge is 0.466 e. The van der Waals surface area contributed by atoms with Gasteiger partial charge in [0.1, 0.15) is 0 Å². The Morgan fingerprint density at radius 3 is 0.763 bits per heavy atom. The van der Waals surface area contributed by atoms with Crippen LogP contribution in [-0.4, -0.2) is 47.4 Å². The summed E-state index contributed by atoms with van der Waals surface area (Å²) in [5.74, 6) is -0.0367. The third-order valence-electron chi connectivity index (χ3n) is 20.1. The van der Waals surface area contributed by atoms with E-state index >= 15 is 0 Å². The van der Waals surface area contributed by atoms with Crippen LogP contribution in [0.2, 0.25) is 0 Å². The second-order valence-electron chi connectivity index (χ2n) is 29.5. The summed E-state index contributed by atoms with van der Waals surface area (Å²) in [7, 11) is 0. The quantitative estimate of drug-likeness (QED) is 0.0320. The van der Waals surface area contributed by atoms with Crippen LogP contribution in [0.15, 0.2) is 36.5 Å². The maximum atomic E-state index is 12.5. The van der Waals surface area contributed by atoms with Crippen LogP contribution in [0.5, 0.6) is 0 Å². The lowest BCUT2D eigenvalue weighted by Gasteiger charge is -2.20. The number of carbonyl (C=O) groups is 2. The molecule has 1 amide bonds. The maximum absolute atomic E-state index is 12.5. The number of unbranched alkanes of at least 4 members (excludes halogenated alkanes) is 66. The van der Waals surface area contributed by atoms with Gasteiger partial charge in [0.15, 0.2) is 0 Å². The number of hydrogen-bond donors (Lipinski definition) is 3. The number of hydrogen-bond acceptors (Lipinski definition) is 5. The zero-order valence-electron chi connectivity index (χ0n) is 63.3. The van der Waals surface area contributed by atoms with Gasteiger partial charge in [0.05, 0.1) is 25.4 Å². The molecule has 0 aromatic rings. The van der Waals surface area contributed by atoms with Gasteiger partial charge in [0.2, 0.25) is 5.91 Å². The SMILES string of the molecule is CCCCCCCC/C=C\CCCCCCCCCCCC(=O)OCCCCCCCCCCCCCCCCCCCC/C=C\CCCCCCCCCCCCCCCCCCCC(=O)NC(CO)C(O)/C=C/CCCCCCCCCCCCCCCCCC. The lowest BCUT2D eigenvalue weighted by Crippen LogP contribution is -2.45. The summed E-state index contributed by atoms with van der Waals surface area (Å²) < 4.78 is 5.52. The van der Waals surface area contributed by atoms with E-state index in [0.29, 0.717) is 19.4 Å². The highest BCUT2D eigenvalue weighted by Crippen LogP contribution is 2.20. The zero-order chi connectivity index (χ0) is 67.0. The topological polar surface area (TPSA) is 95.9 Å². The van der Waals surface area contributed by atoms with Gasteiger partial charge in [-0.15, -0.1) is 0 Å². The first-order valence-electron chi connectivity index (χ1n) is 42.8. The molecule has 6 nitrogen and oxygen atoms in total. The van der Waals surface area contributed by atoms with Crippen molar-refractivity contribution in [1.82, 2.24) is 5.32 Å². The van der Waals surface area contributed by atoms with Crippen LogP contribution in [0, 0.1) is 0 Å². The van der Waals surface area contributed by atoms with Crippen LogP contribution in [0.1, 0.15) is 483 Å². The van der Waals surface area contributed by atoms with Crippen LogP contribution >= 0.6 is 0 Å². The van der Waals surface area contributed by atoms with Gasteiger partial charge in [0.25, 0.3) is 0 Å². The molecule has 2 unspecified atom stereocenters. The number of rotatable bonds is 81. The van der Waals surface area contributed by atoms with E-state index in [1.54, 1.807) is 6.08 Å². The highest BCUT2D eigenvalue weighted by molar-refractivity contribution is 5.76. The Hall–Kier alpha value is -1.92. The molecule has 0 radical (unpaired) electrons. The maximum Gasteiger partial charge on any atom is 0.305 e. The second-order valence-corrected chi connectivity index (χ2v) is 29.5. The Balaban J connectivity index is 3.33. The molecule has 0 fully saturated rings. The van der Waals surface area contributed by atoms with Gasteiger partial charge in [-0.1, -0.05) is 423 Å². The molecule has 0 spiro atoms. The predicted molar refractivity (Wildman–Crippen MR) is 412 cm³/mol. The van der Waals surface area contributed by atoms with E-state index in [1.165, 1.54) is 417 Å². The van der Waals surface area contributed by atoms with Crippen LogP contribution < -0.4 is 5.32 Å². The summed E-state index contributed by atoms with van der Waals surface area (Å²) in [6, 6.07) is -0.625. The molecule has 3 N–H and O–H groups in total. The van der Waals surface area contributed by atoms with E-state index in [-0.39, 0.29) is 18.5 Å². The number of allylic oxidation sites excluding steroid dienone is 5. The molecule has 0 aliphatic heterocycles. The molecule has 550 valence electrons. The normalized spacial score (nSPS) is 12.6. The third kappa shape index (κ3) is 79.0. The first-order chi connectivity index (χ1) is 46.0. The van der Waals surface area contributed by atoms with Gasteiger partial charge >= 0.3 is 5.97 Å². The number of amides is 1. The molecule has 0 aliphatic carbocycles. The first-order valence-corrected chi connectivity index (χ1v) is 42.8. The highest BCUT2D eigenvalue weighted by atomic mass is 16.5. The van der Waals surface area contributed by atoms with Crippen LogP contribution in [0.3, 0.4) is 0 Å². The number of esters is 1. The van der Waals surface area contributed by atoms with Gasteiger partial charge in [-0.05, 0) is 83.5 Å². The molecule has 2 atom stereocenters. The Kier molecular flexibility index (Phi) is 80.8. The number of carbonyl (C=O) groups excluding carboxylic acids is 2. The first kappa shape index (κ1) is 91.1. The average Bonchev–Trinajstić information content (AvgIpc) is 3.68. The Labute approximate surface area is 583 Å². The highest BCUT2D eigenvalue weighted by Gasteiger charge is 2.18. The fourth-order valence-electron chi connectivity index (χ4n) is 13.6. The number of aliphatic hydroxyl groups excluding tert-OH is 2. The van der Waals surface area contributed by atoms with Crippen LogP contribution in [0.25, 0.3) is 0 Å². The summed E-state index contributed by atoms with van der Waals surface area (Å²) in [6.07, 6.45) is 109. The molecule has 0 bridgehead atoms. The fourth-order valence-corrected chi connectivity index (χ4v) is 13.6. The monoisotopic (exact) mass is 1310 g/mol. The van der Waals surface area contributed by atoms with Gasteiger partial charge in [-0.3, -0.25) is 9.59 Å². The fraction of sp³-hybridized carbons (Fsp3) is 0.908. The number of ether oxygens (including phenoxy) is 1. The van der Waals surface area contributed by atoms with Gasteiger partial charge < -0.3 is 20.3 Å². The van der Waals surface area contributed by atoms with Crippen molar-refractivity contribution < 1.29 is 24.5 Å². The van der Waals surface area contributed by atoms with Gasteiger partial charge in [-0.2, -0.15) is 0 Å². The molecule has 0 aliphatic rings. The van der Waals surface area contributed by atoms with Gasteiger partial charge in [-0.25, -0.2) is 0 Å². The standard InChI is InChI=1S/C87H167NO5/c1-3-5-7-9-11-13-15-17-19-21-44-49-53-57-61-65-69-73-77-81-87(92)93-82-78-74-70-66-62-58-54-50-46-43-41-39-37-35-33-31-29-27-25-23-24-26-28-30-32-34-36-38-40-42-45-48-52-56-60-64-68-72-76-80-86(91)88-84(83-89)85(90)79-75-71-67-63-59-55-51-47-22-20-18-16-14-12-10-8-6-4-2/h17,19,23-24,75,79,84-85,89-90H,3-16,18,20-22,25-74,76-78,80-83H2,1-2H3,(H,88,91)/b19-17-,24-23-,79-75+. The minimum absolute atomic E-state index is 0.0228. The Bertz CT molecular complexity index is 1510. The van der Waals surface area contributed by atoms with Crippen molar-refractivity contribution in [1.29, 1.82) is 0 Å². The van der Waals surface area contributed by atoms with E-state index in [0.717, 1.165) is 38.5 Å². The smallest absolute Gasteiger partial charge is 0.305 e. The molecule has 0 rings (SSSR count). The summed E-state index contributed by atoms with van der Waals surface area (Å²) in [5, 5.41) is 23.3.